The van der Waals surface area contributed by atoms with Gasteiger partial charge in [0.15, 0.2) is 6.54 Å². The van der Waals surface area contributed by atoms with Gasteiger partial charge in [0.25, 0.3) is 5.01 Å². The van der Waals surface area contributed by atoms with Gasteiger partial charge in [0.05, 0.1) is 33.5 Å². The first-order valence-electron chi connectivity index (χ1n) is 11.4. The molecule has 1 aromatic heterocycles. The second-order valence-corrected chi connectivity index (χ2v) is 13.5. The van der Waals surface area contributed by atoms with Crippen LogP contribution in [0.5, 0.6) is 0 Å². The van der Waals surface area contributed by atoms with Crippen molar-refractivity contribution in [1.29, 1.82) is 0 Å². The van der Waals surface area contributed by atoms with Crippen LogP contribution in [0.4, 0.5) is 5.69 Å². The van der Waals surface area contributed by atoms with Crippen molar-refractivity contribution in [2.45, 2.75) is 37.1 Å². The summed E-state index contributed by atoms with van der Waals surface area (Å²) >= 11 is 13.5. The van der Waals surface area contributed by atoms with Crippen LogP contribution < -0.4 is 9.47 Å². The van der Waals surface area contributed by atoms with Crippen molar-refractivity contribution in [3.8, 4) is 0 Å². The highest BCUT2D eigenvalue weighted by molar-refractivity contribution is 8.03. The first kappa shape index (κ1) is 28.8. The van der Waals surface area contributed by atoms with Crippen LogP contribution >= 0.6 is 46.3 Å². The van der Waals surface area contributed by atoms with Gasteiger partial charge in [-0.3, -0.25) is 8.74 Å². The Balaban J connectivity index is 1.63. The minimum Gasteiger partial charge on any atom is -0.748 e. The molecule has 0 fully saturated rings. The summed E-state index contributed by atoms with van der Waals surface area (Å²) in [6.45, 7) is 1.38. The lowest BCUT2D eigenvalue weighted by Crippen LogP contribution is -2.35. The van der Waals surface area contributed by atoms with Crippen molar-refractivity contribution in [3.63, 3.8) is 0 Å². The third-order valence-corrected chi connectivity index (χ3v) is 9.47. The number of thioether (sulfide) groups is 1. The normalized spacial score (nSPS) is 15.6. The van der Waals surface area contributed by atoms with E-state index < -0.39 is 21.5 Å². The summed E-state index contributed by atoms with van der Waals surface area (Å²) in [5.74, 6) is -0.389. The predicted molar refractivity (Wildman–Crippen MR) is 149 cm³/mol. The molecule has 1 atom stereocenters. The maximum Gasteiger partial charge on any atom is 0.301 e. The lowest BCUT2D eigenvalue weighted by atomic mass is 10.2. The fourth-order valence-corrected chi connectivity index (χ4v) is 7.42. The van der Waals surface area contributed by atoms with Gasteiger partial charge in [0.1, 0.15) is 4.70 Å². The topological polar surface area (TPSA) is 111 Å². The van der Waals surface area contributed by atoms with Crippen LogP contribution in [-0.2, 0) is 32.2 Å². The molecule has 0 bridgehead atoms. The standard InChI is InChI=1S/C23H24Cl2N2O6S4/c24-16-5-7-20-18(13-16)26(9-1-3-11-33-36(28)29)22(34-20)15-23-27(10-2-4-12-37(30,31)32)19-14-17(25)6-8-21(19)35-23/h5-8,13-15H,1-4,9-12H2,(H-,28,29,30,31,32). The molecular formula is C23H24Cl2N2O6S4. The zero-order valence-electron chi connectivity index (χ0n) is 19.5. The van der Waals surface area contributed by atoms with Gasteiger partial charge in [0.2, 0.25) is 5.52 Å². The van der Waals surface area contributed by atoms with Gasteiger partial charge < -0.3 is 9.45 Å². The van der Waals surface area contributed by atoms with Crippen molar-refractivity contribution in [1.82, 2.24) is 0 Å². The second kappa shape index (κ2) is 12.8. The highest BCUT2D eigenvalue weighted by Crippen LogP contribution is 2.48. The lowest BCUT2D eigenvalue weighted by Gasteiger charge is -2.20. The summed E-state index contributed by atoms with van der Waals surface area (Å²) < 4.78 is 60.6. The Kier molecular flexibility index (Phi) is 9.92. The summed E-state index contributed by atoms with van der Waals surface area (Å²) in [5.41, 5.74) is 1.94. The summed E-state index contributed by atoms with van der Waals surface area (Å²) in [6.07, 6.45) is 4.24. The molecular weight excluding hydrogens is 599 g/mol. The molecule has 1 aliphatic heterocycles. The molecule has 1 N–H and O–H groups in total. The Morgan fingerprint density at radius 1 is 1.11 bits per heavy atom. The number of benzene rings is 2. The Morgan fingerprint density at radius 3 is 2.62 bits per heavy atom. The van der Waals surface area contributed by atoms with Crippen molar-refractivity contribution in [3.05, 3.63) is 56.5 Å². The first-order valence-corrected chi connectivity index (χ1v) is 16.4. The van der Waals surface area contributed by atoms with E-state index in [0.717, 1.165) is 37.3 Å². The van der Waals surface area contributed by atoms with Crippen LogP contribution in [0.1, 0.15) is 30.7 Å². The maximum absolute atomic E-state index is 11.0. The number of anilines is 1. The number of hydrogen-bond donors (Lipinski definition) is 1. The Labute approximate surface area is 236 Å². The smallest absolute Gasteiger partial charge is 0.301 e. The van der Waals surface area contributed by atoms with Gasteiger partial charge in [-0.1, -0.05) is 46.3 Å². The molecule has 14 heteroatoms. The largest absolute Gasteiger partial charge is 0.748 e. The number of hydrogen-bond acceptors (Lipinski definition) is 8. The number of aryl methyl sites for hydroxylation is 1. The van der Waals surface area contributed by atoms with Crippen LogP contribution in [-0.4, -0.2) is 40.6 Å². The fourth-order valence-electron chi connectivity index (χ4n) is 3.98. The highest BCUT2D eigenvalue weighted by atomic mass is 35.5. The molecule has 0 amide bonds. The Bertz CT molecular complexity index is 1440. The first-order chi connectivity index (χ1) is 17.6. The van der Waals surface area contributed by atoms with Gasteiger partial charge in [0, 0.05) is 39.7 Å². The maximum atomic E-state index is 11.0. The molecule has 200 valence electrons. The van der Waals surface area contributed by atoms with Crippen LogP contribution in [0, 0.1) is 0 Å². The van der Waals surface area contributed by atoms with Crippen molar-refractivity contribution in [2.75, 3.05) is 23.8 Å². The highest BCUT2D eigenvalue weighted by Gasteiger charge is 2.28. The number of thiazole rings is 1. The zero-order valence-corrected chi connectivity index (χ0v) is 24.2. The molecule has 0 radical (unpaired) electrons. The summed E-state index contributed by atoms with van der Waals surface area (Å²) in [5, 5.41) is 3.19. The van der Waals surface area contributed by atoms with E-state index in [1.165, 1.54) is 0 Å². The van der Waals surface area contributed by atoms with Crippen molar-refractivity contribution in [2.24, 2.45) is 0 Å². The van der Waals surface area contributed by atoms with Gasteiger partial charge in [-0.15, -0.1) is 0 Å². The third kappa shape index (κ3) is 7.90. The molecule has 37 heavy (non-hydrogen) atoms. The number of aromatic nitrogens is 1. The van der Waals surface area contributed by atoms with Crippen LogP contribution in [0.25, 0.3) is 16.3 Å². The monoisotopic (exact) mass is 622 g/mol. The van der Waals surface area contributed by atoms with E-state index in [1.54, 1.807) is 23.1 Å². The molecule has 2 aromatic carbocycles. The van der Waals surface area contributed by atoms with Crippen LogP contribution in [0.15, 0.2) is 46.3 Å². The molecule has 3 aromatic rings. The number of unbranched alkanes of at least 4 members (excludes halogenated alkanes) is 2. The predicted octanol–water partition coefficient (Wildman–Crippen LogP) is 5.67. The van der Waals surface area contributed by atoms with Gasteiger partial charge >= 0.3 is 11.4 Å². The van der Waals surface area contributed by atoms with E-state index in [9.17, 15) is 17.2 Å². The molecule has 0 saturated carbocycles. The summed E-state index contributed by atoms with van der Waals surface area (Å²) in [7, 11) is -4.25. The van der Waals surface area contributed by atoms with Gasteiger partial charge in [-0.05, 0) is 49.6 Å². The summed E-state index contributed by atoms with van der Waals surface area (Å²) in [6, 6.07) is 11.4. The molecule has 4 rings (SSSR count). The minimum atomic E-state index is -4.25. The van der Waals surface area contributed by atoms with E-state index in [2.05, 4.69) is 15.5 Å². The zero-order chi connectivity index (χ0) is 26.6. The minimum absolute atomic E-state index is 0.182. The Morgan fingerprint density at radius 2 is 1.86 bits per heavy atom. The molecule has 1 unspecified atom stereocenters. The molecule has 0 saturated heterocycles. The average molecular weight is 624 g/mol. The number of rotatable bonds is 12. The number of nitrogens with zero attached hydrogens (tertiary/aromatic N) is 2. The van der Waals surface area contributed by atoms with Gasteiger partial charge in [-0.25, -0.2) is 8.42 Å². The lowest BCUT2D eigenvalue weighted by molar-refractivity contribution is -0.669. The van der Waals surface area contributed by atoms with E-state index in [0.29, 0.717) is 36.0 Å². The molecule has 2 heterocycles. The van der Waals surface area contributed by atoms with E-state index in [1.807, 2.05) is 36.4 Å². The number of fused-ring (bicyclic) bond motifs is 2. The average Bonchev–Trinajstić information content (AvgIpc) is 3.32. The quantitative estimate of drug-likeness (QED) is 0.119. The SMILES string of the molecule is O=S(O)OCCCC[n+]1c(C=C2Sc3ccc(Cl)cc3N2CCCCS(=O)(=O)[O-])sc2ccc(Cl)cc21. The molecule has 0 spiro atoms. The van der Waals surface area contributed by atoms with Crippen LogP contribution in [0.2, 0.25) is 10.0 Å². The van der Waals surface area contributed by atoms with E-state index in [-0.39, 0.29) is 18.8 Å². The molecule has 1 aliphatic rings. The third-order valence-electron chi connectivity index (χ3n) is 5.62. The molecule has 8 nitrogen and oxygen atoms in total. The summed E-state index contributed by atoms with van der Waals surface area (Å²) in [4.78, 5) is 3.15. The van der Waals surface area contributed by atoms with Crippen molar-refractivity contribution >= 4 is 89.8 Å². The van der Waals surface area contributed by atoms with Gasteiger partial charge in [-0.2, -0.15) is 8.78 Å². The fraction of sp³-hybridized carbons (Fsp3) is 0.348. The van der Waals surface area contributed by atoms with Crippen LogP contribution in [0.3, 0.4) is 0 Å². The Hall–Kier alpha value is -1.22. The van der Waals surface area contributed by atoms with E-state index >= 15 is 0 Å². The number of halogens is 2. The molecule has 0 aliphatic carbocycles. The van der Waals surface area contributed by atoms with Crippen molar-refractivity contribution < 1.29 is 30.5 Å². The van der Waals surface area contributed by atoms with E-state index in [4.69, 9.17) is 31.9 Å². The second-order valence-electron chi connectivity index (χ2n) is 8.27.